The molecule has 0 bridgehead atoms. The fourth-order valence-electron chi connectivity index (χ4n) is 2.79. The van der Waals surface area contributed by atoms with Crippen molar-refractivity contribution in [1.29, 1.82) is 0 Å². The molecule has 0 saturated heterocycles. The van der Waals surface area contributed by atoms with E-state index in [-0.39, 0.29) is 5.91 Å². The molecule has 3 rings (SSSR count). The highest BCUT2D eigenvalue weighted by molar-refractivity contribution is 5.87. The number of para-hydroxylation sites is 1. The molecule has 1 aliphatic rings. The lowest BCUT2D eigenvalue weighted by atomic mass is 10.1. The summed E-state index contributed by atoms with van der Waals surface area (Å²) >= 11 is 0. The minimum Gasteiger partial charge on any atom is -0.347 e. The van der Waals surface area contributed by atoms with Gasteiger partial charge in [-0.15, -0.1) is 0 Å². The van der Waals surface area contributed by atoms with E-state index in [9.17, 15) is 4.79 Å². The predicted octanol–water partition coefficient (Wildman–Crippen LogP) is 1.38. The van der Waals surface area contributed by atoms with Gasteiger partial charge in [-0.1, -0.05) is 18.2 Å². The minimum atomic E-state index is 0.133. The molecule has 100 valence electrons. The molecule has 1 aliphatic heterocycles. The van der Waals surface area contributed by atoms with Crippen molar-refractivity contribution in [1.82, 2.24) is 14.8 Å². The van der Waals surface area contributed by atoms with Crippen LogP contribution in [-0.2, 0) is 24.3 Å². The molecule has 1 aromatic heterocycles. The van der Waals surface area contributed by atoms with Gasteiger partial charge in [-0.3, -0.25) is 4.79 Å². The third-order valence-electron chi connectivity index (χ3n) is 3.83. The van der Waals surface area contributed by atoms with Gasteiger partial charge >= 0.3 is 0 Å². The number of aromatic nitrogens is 1. The molecule has 0 spiro atoms. The standard InChI is InChI=1S/C15H19N3O/c1-17(2)15(19)10-18-13-6-4-3-5-11(13)12-7-8-16-9-14(12)18/h3-6,16H,7-10H2,1-2H3. The van der Waals surface area contributed by atoms with E-state index in [2.05, 4.69) is 28.1 Å². The molecular weight excluding hydrogens is 238 g/mol. The molecular formula is C15H19N3O. The van der Waals surface area contributed by atoms with Gasteiger partial charge in [-0.05, 0) is 24.6 Å². The summed E-state index contributed by atoms with van der Waals surface area (Å²) in [5, 5.41) is 4.70. The number of nitrogens with zero attached hydrogens (tertiary/aromatic N) is 2. The van der Waals surface area contributed by atoms with Gasteiger partial charge in [0.2, 0.25) is 5.91 Å². The first kappa shape index (κ1) is 12.2. The van der Waals surface area contributed by atoms with E-state index in [0.29, 0.717) is 6.54 Å². The first-order valence-corrected chi connectivity index (χ1v) is 6.68. The van der Waals surface area contributed by atoms with Gasteiger partial charge < -0.3 is 14.8 Å². The monoisotopic (exact) mass is 257 g/mol. The minimum absolute atomic E-state index is 0.133. The molecule has 1 aromatic carbocycles. The quantitative estimate of drug-likeness (QED) is 0.882. The smallest absolute Gasteiger partial charge is 0.242 e. The van der Waals surface area contributed by atoms with E-state index in [1.54, 1.807) is 19.0 Å². The average Bonchev–Trinajstić information content (AvgIpc) is 2.74. The van der Waals surface area contributed by atoms with Gasteiger partial charge in [0, 0.05) is 37.2 Å². The third kappa shape index (κ3) is 2.02. The van der Waals surface area contributed by atoms with Gasteiger partial charge in [-0.25, -0.2) is 0 Å². The maximum absolute atomic E-state index is 12.0. The summed E-state index contributed by atoms with van der Waals surface area (Å²) in [5.74, 6) is 0.133. The number of hydrogen-bond donors (Lipinski definition) is 1. The van der Waals surface area contributed by atoms with Gasteiger partial charge in [0.25, 0.3) is 0 Å². The zero-order valence-electron chi connectivity index (χ0n) is 11.4. The van der Waals surface area contributed by atoms with Crippen LogP contribution < -0.4 is 5.32 Å². The molecule has 0 radical (unpaired) electrons. The first-order valence-electron chi connectivity index (χ1n) is 6.68. The number of nitrogens with one attached hydrogen (secondary N) is 1. The Morgan fingerprint density at radius 1 is 1.37 bits per heavy atom. The summed E-state index contributed by atoms with van der Waals surface area (Å²) in [7, 11) is 3.61. The van der Waals surface area contributed by atoms with Gasteiger partial charge in [0.05, 0.1) is 0 Å². The topological polar surface area (TPSA) is 37.3 Å². The summed E-state index contributed by atoms with van der Waals surface area (Å²) in [6.45, 7) is 2.29. The van der Waals surface area contributed by atoms with Gasteiger partial charge in [0.1, 0.15) is 6.54 Å². The van der Waals surface area contributed by atoms with E-state index in [0.717, 1.165) is 19.5 Å². The van der Waals surface area contributed by atoms with Crippen molar-refractivity contribution in [2.24, 2.45) is 0 Å². The average molecular weight is 257 g/mol. The fraction of sp³-hybridized carbons (Fsp3) is 0.400. The predicted molar refractivity (Wildman–Crippen MR) is 76.0 cm³/mol. The molecule has 1 amide bonds. The zero-order chi connectivity index (χ0) is 13.4. The Morgan fingerprint density at radius 2 is 2.16 bits per heavy atom. The highest BCUT2D eigenvalue weighted by Crippen LogP contribution is 2.28. The van der Waals surface area contributed by atoms with Crippen molar-refractivity contribution in [3.05, 3.63) is 35.5 Å². The van der Waals surface area contributed by atoms with Crippen molar-refractivity contribution in [2.75, 3.05) is 20.6 Å². The molecule has 19 heavy (non-hydrogen) atoms. The van der Waals surface area contributed by atoms with E-state index in [1.165, 1.54) is 22.2 Å². The number of likely N-dealkylation sites (N-methyl/N-ethyl adjacent to an activating group) is 1. The fourth-order valence-corrected chi connectivity index (χ4v) is 2.79. The highest BCUT2D eigenvalue weighted by Gasteiger charge is 2.20. The number of carbonyl (C=O) groups is 1. The molecule has 0 atom stereocenters. The molecule has 2 aromatic rings. The van der Waals surface area contributed by atoms with Gasteiger partial charge in [-0.2, -0.15) is 0 Å². The van der Waals surface area contributed by atoms with E-state index in [1.807, 2.05) is 6.07 Å². The van der Waals surface area contributed by atoms with Crippen LogP contribution in [0.1, 0.15) is 11.3 Å². The van der Waals surface area contributed by atoms with Crippen molar-refractivity contribution < 1.29 is 4.79 Å². The van der Waals surface area contributed by atoms with Crippen LogP contribution >= 0.6 is 0 Å². The van der Waals surface area contributed by atoms with Crippen molar-refractivity contribution in [3.8, 4) is 0 Å². The molecule has 0 unspecified atom stereocenters. The number of benzene rings is 1. The van der Waals surface area contributed by atoms with Crippen LogP contribution in [0.4, 0.5) is 0 Å². The van der Waals surface area contributed by atoms with Crippen LogP contribution in [0.25, 0.3) is 10.9 Å². The lowest BCUT2D eigenvalue weighted by Gasteiger charge is -2.18. The molecule has 0 saturated carbocycles. The third-order valence-corrected chi connectivity index (χ3v) is 3.83. The van der Waals surface area contributed by atoms with Crippen LogP contribution in [-0.4, -0.2) is 36.0 Å². The van der Waals surface area contributed by atoms with Crippen molar-refractivity contribution in [2.45, 2.75) is 19.5 Å². The Morgan fingerprint density at radius 3 is 2.95 bits per heavy atom. The number of amides is 1. The van der Waals surface area contributed by atoms with E-state index in [4.69, 9.17) is 0 Å². The Hall–Kier alpha value is -1.81. The number of carbonyl (C=O) groups excluding carboxylic acids is 1. The Bertz CT molecular complexity index is 628. The second-order valence-electron chi connectivity index (χ2n) is 5.24. The lowest BCUT2D eigenvalue weighted by molar-refractivity contribution is -0.129. The summed E-state index contributed by atoms with van der Waals surface area (Å²) in [5.41, 5.74) is 3.84. The largest absolute Gasteiger partial charge is 0.347 e. The Labute approximate surface area is 113 Å². The normalized spacial score (nSPS) is 14.4. The first-order chi connectivity index (χ1) is 9.18. The second-order valence-corrected chi connectivity index (χ2v) is 5.24. The maximum Gasteiger partial charge on any atom is 0.242 e. The molecule has 4 nitrogen and oxygen atoms in total. The summed E-state index contributed by atoms with van der Waals surface area (Å²) in [6, 6.07) is 8.38. The molecule has 0 aliphatic carbocycles. The second kappa shape index (κ2) is 4.70. The summed E-state index contributed by atoms with van der Waals surface area (Å²) in [4.78, 5) is 13.7. The van der Waals surface area contributed by atoms with Crippen LogP contribution in [0.5, 0.6) is 0 Å². The van der Waals surface area contributed by atoms with Crippen molar-refractivity contribution >= 4 is 16.8 Å². The van der Waals surface area contributed by atoms with Gasteiger partial charge in [0.15, 0.2) is 0 Å². The Balaban J connectivity index is 2.14. The Kier molecular flexibility index (Phi) is 3.03. The lowest BCUT2D eigenvalue weighted by Crippen LogP contribution is -2.30. The van der Waals surface area contributed by atoms with Crippen LogP contribution in [0.3, 0.4) is 0 Å². The SMILES string of the molecule is CN(C)C(=O)Cn1c2c(c3ccccc31)CCNC2. The number of fused-ring (bicyclic) bond motifs is 3. The summed E-state index contributed by atoms with van der Waals surface area (Å²) in [6.07, 6.45) is 1.04. The molecule has 4 heteroatoms. The number of rotatable bonds is 2. The molecule has 0 fully saturated rings. The van der Waals surface area contributed by atoms with Crippen LogP contribution in [0, 0.1) is 0 Å². The van der Waals surface area contributed by atoms with Crippen LogP contribution in [0.15, 0.2) is 24.3 Å². The van der Waals surface area contributed by atoms with E-state index < -0.39 is 0 Å². The number of hydrogen-bond acceptors (Lipinski definition) is 2. The van der Waals surface area contributed by atoms with Crippen molar-refractivity contribution in [3.63, 3.8) is 0 Å². The maximum atomic E-state index is 12.0. The molecule has 2 heterocycles. The summed E-state index contributed by atoms with van der Waals surface area (Å²) < 4.78 is 2.17. The highest BCUT2D eigenvalue weighted by atomic mass is 16.2. The van der Waals surface area contributed by atoms with Crippen LogP contribution in [0.2, 0.25) is 0 Å². The molecule has 1 N–H and O–H groups in total. The van der Waals surface area contributed by atoms with E-state index >= 15 is 0 Å². The zero-order valence-corrected chi connectivity index (χ0v) is 11.4.